The summed E-state index contributed by atoms with van der Waals surface area (Å²) in [4.78, 5) is 15.6. The summed E-state index contributed by atoms with van der Waals surface area (Å²) in [5.74, 6) is 1.17. The molecule has 0 N–H and O–H groups in total. The van der Waals surface area contributed by atoms with Crippen molar-refractivity contribution in [1.82, 2.24) is 9.80 Å². The molecule has 0 aromatic rings. The van der Waals surface area contributed by atoms with Crippen LogP contribution < -0.4 is 0 Å². The number of ether oxygens (including phenoxy) is 1. The Hall–Kier alpha value is -0.420. The number of amides is 1. The Labute approximate surface area is 95.9 Å². The highest BCUT2D eigenvalue weighted by Crippen LogP contribution is 2.04. The summed E-state index contributed by atoms with van der Waals surface area (Å²) in [6, 6.07) is 0. The molecule has 5 heteroatoms. The zero-order valence-electron chi connectivity index (χ0n) is 9.57. The number of nitrogens with zero attached hydrogens (tertiary/aromatic N) is 2. The molecule has 1 aliphatic heterocycles. The third-order valence-electron chi connectivity index (χ3n) is 2.51. The van der Waals surface area contributed by atoms with E-state index in [1.165, 1.54) is 5.75 Å². The Morgan fingerprint density at radius 1 is 1.33 bits per heavy atom. The standard InChI is InChI=1S/C10H20N2O2S/c1-3-14-10(13)12-6-4-11(5-7-12)8-9-15-2/h3-9H2,1-2H3. The minimum atomic E-state index is -0.165. The van der Waals surface area contributed by atoms with Crippen molar-refractivity contribution >= 4 is 17.9 Å². The molecule has 1 fully saturated rings. The molecule has 0 unspecified atom stereocenters. The number of hydrogen-bond acceptors (Lipinski definition) is 4. The molecule has 0 aromatic carbocycles. The summed E-state index contributed by atoms with van der Waals surface area (Å²) in [5.41, 5.74) is 0. The van der Waals surface area contributed by atoms with Gasteiger partial charge in [-0.15, -0.1) is 0 Å². The smallest absolute Gasteiger partial charge is 0.409 e. The van der Waals surface area contributed by atoms with E-state index in [9.17, 15) is 4.79 Å². The molecule has 1 amide bonds. The van der Waals surface area contributed by atoms with Gasteiger partial charge in [0.05, 0.1) is 6.61 Å². The average molecular weight is 232 g/mol. The van der Waals surface area contributed by atoms with Crippen LogP contribution in [-0.4, -0.2) is 67.2 Å². The van der Waals surface area contributed by atoms with Crippen LogP contribution in [0.2, 0.25) is 0 Å². The predicted molar refractivity (Wildman–Crippen MR) is 63.4 cm³/mol. The summed E-state index contributed by atoms with van der Waals surface area (Å²) in [6.45, 7) is 6.97. The Morgan fingerprint density at radius 3 is 2.53 bits per heavy atom. The third kappa shape index (κ3) is 4.30. The van der Waals surface area contributed by atoms with Crippen LogP contribution in [0.25, 0.3) is 0 Å². The van der Waals surface area contributed by atoms with Gasteiger partial charge in [-0.3, -0.25) is 4.90 Å². The van der Waals surface area contributed by atoms with E-state index in [1.54, 1.807) is 4.90 Å². The molecule has 0 radical (unpaired) electrons. The molecule has 0 bridgehead atoms. The van der Waals surface area contributed by atoms with E-state index in [0.29, 0.717) is 6.61 Å². The fourth-order valence-corrected chi connectivity index (χ4v) is 2.03. The number of carbonyl (C=O) groups is 1. The van der Waals surface area contributed by atoms with Crippen LogP contribution in [0.3, 0.4) is 0 Å². The van der Waals surface area contributed by atoms with Crippen LogP contribution in [0.15, 0.2) is 0 Å². The quantitative estimate of drug-likeness (QED) is 0.727. The van der Waals surface area contributed by atoms with E-state index >= 15 is 0 Å². The number of carbonyl (C=O) groups excluding carboxylic acids is 1. The van der Waals surface area contributed by atoms with Crippen molar-refractivity contribution in [3.8, 4) is 0 Å². The van der Waals surface area contributed by atoms with Crippen molar-refractivity contribution in [2.45, 2.75) is 6.92 Å². The molecule has 4 nitrogen and oxygen atoms in total. The van der Waals surface area contributed by atoms with Crippen LogP contribution in [0.1, 0.15) is 6.92 Å². The van der Waals surface area contributed by atoms with E-state index in [-0.39, 0.29) is 6.09 Å². The van der Waals surface area contributed by atoms with Gasteiger partial charge in [0.25, 0.3) is 0 Å². The third-order valence-corrected chi connectivity index (χ3v) is 3.10. The molecule has 0 aliphatic carbocycles. The summed E-state index contributed by atoms with van der Waals surface area (Å²) in [5, 5.41) is 0. The number of hydrogen-bond donors (Lipinski definition) is 0. The minimum Gasteiger partial charge on any atom is -0.450 e. The minimum absolute atomic E-state index is 0.165. The Kier molecular flexibility index (Phi) is 5.86. The van der Waals surface area contributed by atoms with Gasteiger partial charge in [0.2, 0.25) is 0 Å². The monoisotopic (exact) mass is 232 g/mol. The largest absolute Gasteiger partial charge is 0.450 e. The van der Waals surface area contributed by atoms with Crippen LogP contribution in [0, 0.1) is 0 Å². The van der Waals surface area contributed by atoms with E-state index in [4.69, 9.17) is 4.74 Å². The molecule has 1 heterocycles. The first-order chi connectivity index (χ1) is 7.27. The Morgan fingerprint density at radius 2 is 2.00 bits per heavy atom. The highest BCUT2D eigenvalue weighted by atomic mass is 32.2. The SMILES string of the molecule is CCOC(=O)N1CCN(CCSC)CC1. The predicted octanol–water partition coefficient (Wildman–Crippen LogP) is 1.12. The second-order valence-corrected chi connectivity index (χ2v) is 4.51. The number of thioether (sulfide) groups is 1. The molecule has 15 heavy (non-hydrogen) atoms. The van der Waals surface area contributed by atoms with Crippen LogP contribution in [0.5, 0.6) is 0 Å². The van der Waals surface area contributed by atoms with E-state index in [1.807, 2.05) is 18.7 Å². The molecule has 1 aliphatic rings. The lowest BCUT2D eigenvalue weighted by molar-refractivity contribution is 0.0813. The van der Waals surface area contributed by atoms with Crippen molar-refractivity contribution in [3.05, 3.63) is 0 Å². The maximum absolute atomic E-state index is 11.4. The van der Waals surface area contributed by atoms with Crippen molar-refractivity contribution in [2.24, 2.45) is 0 Å². The Balaban J connectivity index is 2.20. The van der Waals surface area contributed by atoms with Gasteiger partial charge in [0.1, 0.15) is 0 Å². The lowest BCUT2D eigenvalue weighted by Gasteiger charge is -2.33. The van der Waals surface area contributed by atoms with Gasteiger partial charge >= 0.3 is 6.09 Å². The molecular weight excluding hydrogens is 212 g/mol. The second kappa shape index (κ2) is 6.95. The fourth-order valence-electron chi connectivity index (χ4n) is 1.59. The van der Waals surface area contributed by atoms with Crippen LogP contribution >= 0.6 is 11.8 Å². The molecule has 0 atom stereocenters. The molecule has 1 saturated heterocycles. The summed E-state index contributed by atoms with van der Waals surface area (Å²) in [7, 11) is 0. The van der Waals surface area contributed by atoms with Gasteiger partial charge in [-0.2, -0.15) is 11.8 Å². The summed E-state index contributed by atoms with van der Waals surface area (Å²) >= 11 is 1.86. The van der Waals surface area contributed by atoms with Gasteiger partial charge in [-0.25, -0.2) is 4.79 Å². The second-order valence-electron chi connectivity index (χ2n) is 3.52. The van der Waals surface area contributed by atoms with Gasteiger partial charge in [0.15, 0.2) is 0 Å². The normalized spacial score (nSPS) is 17.9. The van der Waals surface area contributed by atoms with Gasteiger partial charge in [-0.1, -0.05) is 0 Å². The van der Waals surface area contributed by atoms with Gasteiger partial charge in [0, 0.05) is 38.5 Å². The van der Waals surface area contributed by atoms with Crippen LogP contribution in [0.4, 0.5) is 4.79 Å². The number of piperazine rings is 1. The topological polar surface area (TPSA) is 32.8 Å². The zero-order valence-corrected chi connectivity index (χ0v) is 10.4. The maximum atomic E-state index is 11.4. The molecule has 0 saturated carbocycles. The van der Waals surface area contributed by atoms with Crippen molar-refractivity contribution < 1.29 is 9.53 Å². The first-order valence-corrected chi connectivity index (χ1v) is 6.80. The van der Waals surface area contributed by atoms with E-state index < -0.39 is 0 Å². The molecular formula is C10H20N2O2S. The highest BCUT2D eigenvalue weighted by molar-refractivity contribution is 7.98. The lowest BCUT2D eigenvalue weighted by atomic mass is 10.3. The van der Waals surface area contributed by atoms with Crippen molar-refractivity contribution in [1.29, 1.82) is 0 Å². The van der Waals surface area contributed by atoms with E-state index in [0.717, 1.165) is 32.7 Å². The van der Waals surface area contributed by atoms with Crippen molar-refractivity contribution in [3.63, 3.8) is 0 Å². The first kappa shape index (κ1) is 12.6. The zero-order chi connectivity index (χ0) is 11.1. The Bertz CT molecular complexity index is 194. The molecule has 0 spiro atoms. The lowest BCUT2D eigenvalue weighted by Crippen LogP contribution is -2.49. The molecule has 0 aromatic heterocycles. The van der Waals surface area contributed by atoms with E-state index in [2.05, 4.69) is 11.2 Å². The summed E-state index contributed by atoms with van der Waals surface area (Å²) < 4.78 is 4.96. The van der Waals surface area contributed by atoms with Crippen molar-refractivity contribution in [2.75, 3.05) is 51.3 Å². The first-order valence-electron chi connectivity index (χ1n) is 5.41. The van der Waals surface area contributed by atoms with Gasteiger partial charge < -0.3 is 9.64 Å². The molecule has 88 valence electrons. The molecule has 1 rings (SSSR count). The average Bonchev–Trinajstić information content (AvgIpc) is 2.27. The maximum Gasteiger partial charge on any atom is 0.409 e. The number of rotatable bonds is 4. The summed E-state index contributed by atoms with van der Waals surface area (Å²) in [6.07, 6.45) is 1.96. The fraction of sp³-hybridized carbons (Fsp3) is 0.900. The van der Waals surface area contributed by atoms with Crippen LogP contribution in [-0.2, 0) is 4.74 Å². The van der Waals surface area contributed by atoms with Gasteiger partial charge in [-0.05, 0) is 13.2 Å². The highest BCUT2D eigenvalue weighted by Gasteiger charge is 2.21.